The van der Waals surface area contributed by atoms with E-state index in [1.165, 1.54) is 0 Å². The van der Waals surface area contributed by atoms with Gasteiger partial charge in [0, 0.05) is 0 Å². The largest absolute Gasteiger partial charge is 0.508 e. The molecular weight excluding hydrogens is 216 g/mol. The van der Waals surface area contributed by atoms with Crippen LogP contribution in [0.1, 0.15) is 32.3 Å². The smallest absolute Gasteiger partial charge is 0.309 e. The summed E-state index contributed by atoms with van der Waals surface area (Å²) in [6.45, 7) is 4.30. The zero-order valence-electron chi connectivity index (χ0n) is 10.5. The minimum atomic E-state index is -0.123. The highest BCUT2D eigenvalue weighted by atomic mass is 16.5. The van der Waals surface area contributed by atoms with E-state index < -0.39 is 0 Å². The highest BCUT2D eigenvalue weighted by Gasteiger charge is 2.19. The van der Waals surface area contributed by atoms with Crippen LogP contribution in [0.4, 0.5) is 0 Å². The quantitative estimate of drug-likeness (QED) is 0.772. The van der Waals surface area contributed by atoms with Gasteiger partial charge >= 0.3 is 5.97 Å². The number of hydrogen-bond donors (Lipinski definition) is 1. The molecule has 3 nitrogen and oxygen atoms in total. The second kappa shape index (κ2) is 6.94. The van der Waals surface area contributed by atoms with Crippen molar-refractivity contribution in [2.24, 2.45) is 5.92 Å². The molecule has 0 aliphatic carbocycles. The highest BCUT2D eigenvalue weighted by Crippen LogP contribution is 2.18. The van der Waals surface area contributed by atoms with Crippen molar-refractivity contribution < 1.29 is 14.6 Å². The molecule has 1 aromatic rings. The van der Waals surface area contributed by atoms with Gasteiger partial charge in [-0.15, -0.1) is 0 Å². The predicted molar refractivity (Wildman–Crippen MR) is 66.8 cm³/mol. The van der Waals surface area contributed by atoms with Crippen LogP contribution in [0.25, 0.3) is 0 Å². The molecule has 0 saturated carbocycles. The molecule has 0 bridgehead atoms. The molecule has 0 aromatic heterocycles. The van der Waals surface area contributed by atoms with Crippen LogP contribution in [0.2, 0.25) is 0 Å². The first-order valence-corrected chi connectivity index (χ1v) is 6.11. The third kappa shape index (κ3) is 4.47. The van der Waals surface area contributed by atoms with Crippen molar-refractivity contribution in [1.29, 1.82) is 0 Å². The summed E-state index contributed by atoms with van der Waals surface area (Å²) in [5.41, 5.74) is 1.05. The lowest BCUT2D eigenvalue weighted by Gasteiger charge is -2.14. The standard InChI is InChI=1S/C14H20O3/c1-3-5-12(14(16)17-4-2)10-11-6-8-13(15)9-7-11/h6-9,12,15H,3-5,10H2,1-2H3. The van der Waals surface area contributed by atoms with Crippen LogP contribution in [0, 0.1) is 5.92 Å². The first kappa shape index (κ1) is 13.6. The van der Waals surface area contributed by atoms with E-state index in [9.17, 15) is 9.90 Å². The van der Waals surface area contributed by atoms with E-state index in [4.69, 9.17) is 4.74 Å². The molecule has 1 aromatic carbocycles. The van der Waals surface area contributed by atoms with Crippen molar-refractivity contribution in [3.63, 3.8) is 0 Å². The van der Waals surface area contributed by atoms with Crippen LogP contribution in [-0.2, 0) is 16.0 Å². The number of carbonyl (C=O) groups excluding carboxylic acids is 1. The van der Waals surface area contributed by atoms with Crippen molar-refractivity contribution in [3.05, 3.63) is 29.8 Å². The average molecular weight is 236 g/mol. The molecule has 0 amide bonds. The van der Waals surface area contributed by atoms with Crippen LogP contribution in [0.5, 0.6) is 5.75 Å². The van der Waals surface area contributed by atoms with Crippen molar-refractivity contribution in [1.82, 2.24) is 0 Å². The lowest BCUT2D eigenvalue weighted by Crippen LogP contribution is -2.20. The molecule has 1 atom stereocenters. The maximum atomic E-state index is 11.7. The number of ether oxygens (including phenoxy) is 1. The van der Waals surface area contributed by atoms with E-state index in [2.05, 4.69) is 6.92 Å². The van der Waals surface area contributed by atoms with Crippen molar-refractivity contribution in [2.75, 3.05) is 6.61 Å². The number of rotatable bonds is 6. The van der Waals surface area contributed by atoms with Gasteiger partial charge < -0.3 is 9.84 Å². The van der Waals surface area contributed by atoms with E-state index in [0.717, 1.165) is 18.4 Å². The van der Waals surface area contributed by atoms with Crippen LogP contribution in [0.3, 0.4) is 0 Å². The summed E-state index contributed by atoms with van der Waals surface area (Å²) >= 11 is 0. The fourth-order valence-corrected chi connectivity index (χ4v) is 1.83. The molecule has 0 radical (unpaired) electrons. The van der Waals surface area contributed by atoms with Crippen LogP contribution < -0.4 is 0 Å². The number of aromatic hydroxyl groups is 1. The molecule has 0 aliphatic rings. The zero-order valence-corrected chi connectivity index (χ0v) is 10.5. The number of phenolic OH excluding ortho intramolecular Hbond substituents is 1. The molecule has 0 saturated heterocycles. The Morgan fingerprint density at radius 1 is 1.29 bits per heavy atom. The van der Waals surface area contributed by atoms with Gasteiger partial charge in [-0.3, -0.25) is 4.79 Å². The Balaban J connectivity index is 2.65. The fourth-order valence-electron chi connectivity index (χ4n) is 1.83. The Kier molecular flexibility index (Phi) is 5.53. The van der Waals surface area contributed by atoms with Crippen molar-refractivity contribution in [3.8, 4) is 5.75 Å². The third-order valence-corrected chi connectivity index (χ3v) is 2.68. The zero-order chi connectivity index (χ0) is 12.7. The lowest BCUT2D eigenvalue weighted by atomic mass is 9.95. The molecule has 0 spiro atoms. The van der Waals surface area contributed by atoms with E-state index in [1.54, 1.807) is 12.1 Å². The predicted octanol–water partition coefficient (Wildman–Crippen LogP) is 2.91. The molecule has 94 valence electrons. The molecule has 1 rings (SSSR count). The van der Waals surface area contributed by atoms with Crippen LogP contribution in [-0.4, -0.2) is 17.7 Å². The number of carbonyl (C=O) groups is 1. The summed E-state index contributed by atoms with van der Waals surface area (Å²) in [7, 11) is 0. The number of esters is 1. The van der Waals surface area contributed by atoms with E-state index in [0.29, 0.717) is 13.0 Å². The Bertz CT molecular complexity index is 343. The minimum absolute atomic E-state index is 0.0792. The Labute approximate surface area is 102 Å². The van der Waals surface area contributed by atoms with Gasteiger partial charge in [-0.1, -0.05) is 25.5 Å². The summed E-state index contributed by atoms with van der Waals surface area (Å²) in [4.78, 5) is 11.7. The summed E-state index contributed by atoms with van der Waals surface area (Å²) in [6.07, 6.45) is 2.47. The maximum Gasteiger partial charge on any atom is 0.309 e. The van der Waals surface area contributed by atoms with Crippen molar-refractivity contribution in [2.45, 2.75) is 33.1 Å². The molecule has 3 heteroatoms. The fraction of sp³-hybridized carbons (Fsp3) is 0.500. The first-order chi connectivity index (χ1) is 8.17. The van der Waals surface area contributed by atoms with Crippen LogP contribution in [0.15, 0.2) is 24.3 Å². The van der Waals surface area contributed by atoms with Gasteiger partial charge in [0.25, 0.3) is 0 Å². The summed E-state index contributed by atoms with van der Waals surface area (Å²) < 4.78 is 5.06. The molecule has 17 heavy (non-hydrogen) atoms. The number of benzene rings is 1. The van der Waals surface area contributed by atoms with Gasteiger partial charge in [0.2, 0.25) is 0 Å². The maximum absolute atomic E-state index is 11.7. The third-order valence-electron chi connectivity index (χ3n) is 2.68. The molecular formula is C14H20O3. The molecule has 1 N–H and O–H groups in total. The Morgan fingerprint density at radius 2 is 1.94 bits per heavy atom. The number of hydrogen-bond acceptors (Lipinski definition) is 3. The van der Waals surface area contributed by atoms with Gasteiger partial charge in [-0.2, -0.15) is 0 Å². The average Bonchev–Trinajstić information content (AvgIpc) is 2.31. The van der Waals surface area contributed by atoms with Gasteiger partial charge in [0.05, 0.1) is 12.5 Å². The molecule has 0 heterocycles. The lowest BCUT2D eigenvalue weighted by molar-refractivity contribution is -0.148. The SMILES string of the molecule is CCCC(Cc1ccc(O)cc1)C(=O)OCC. The summed E-state index contributed by atoms with van der Waals surface area (Å²) in [5.74, 6) is 0.0452. The molecule has 1 unspecified atom stereocenters. The molecule has 0 aliphatic heterocycles. The first-order valence-electron chi connectivity index (χ1n) is 6.11. The summed E-state index contributed by atoms with van der Waals surface area (Å²) in [6, 6.07) is 6.97. The molecule has 0 fully saturated rings. The number of phenols is 1. The normalized spacial score (nSPS) is 12.1. The van der Waals surface area contributed by atoms with Gasteiger partial charge in [-0.25, -0.2) is 0 Å². The van der Waals surface area contributed by atoms with Crippen LogP contribution >= 0.6 is 0 Å². The monoisotopic (exact) mass is 236 g/mol. The Morgan fingerprint density at radius 3 is 2.47 bits per heavy atom. The minimum Gasteiger partial charge on any atom is -0.508 e. The van der Waals surface area contributed by atoms with E-state index >= 15 is 0 Å². The van der Waals surface area contributed by atoms with Gasteiger partial charge in [0.15, 0.2) is 0 Å². The Hall–Kier alpha value is -1.51. The highest BCUT2D eigenvalue weighted by molar-refractivity contribution is 5.72. The van der Waals surface area contributed by atoms with Gasteiger partial charge in [-0.05, 0) is 37.5 Å². The second-order valence-corrected chi connectivity index (χ2v) is 4.11. The second-order valence-electron chi connectivity index (χ2n) is 4.11. The van der Waals surface area contributed by atoms with E-state index in [1.807, 2.05) is 19.1 Å². The van der Waals surface area contributed by atoms with Gasteiger partial charge in [0.1, 0.15) is 5.75 Å². The summed E-state index contributed by atoms with van der Waals surface area (Å²) in [5, 5.41) is 9.20. The van der Waals surface area contributed by atoms with Crippen molar-refractivity contribution >= 4 is 5.97 Å². The topological polar surface area (TPSA) is 46.5 Å². The van der Waals surface area contributed by atoms with E-state index in [-0.39, 0.29) is 17.6 Å².